The van der Waals surface area contributed by atoms with Gasteiger partial charge in [-0.15, -0.1) is 0 Å². The van der Waals surface area contributed by atoms with E-state index < -0.39 is 24.5 Å². The van der Waals surface area contributed by atoms with Gasteiger partial charge in [0.15, 0.2) is 12.4 Å². The molecule has 0 saturated carbocycles. The third-order valence-corrected chi connectivity index (χ3v) is 2.15. The monoisotopic (exact) mass is 281 g/mol. The van der Waals surface area contributed by atoms with E-state index in [9.17, 15) is 14.4 Å². The van der Waals surface area contributed by atoms with Crippen LogP contribution in [0.15, 0.2) is 18.2 Å². The fraction of sp³-hybridized carbons (Fsp3) is 0.250. The molecule has 0 aliphatic carbocycles. The number of primary amides is 1. The number of imide groups is 1. The number of para-hydroxylation sites is 1. The predicted octanol–water partition coefficient (Wildman–Crippen LogP) is 0.0192. The number of urea groups is 1. The zero-order valence-electron chi connectivity index (χ0n) is 10.8. The van der Waals surface area contributed by atoms with Crippen molar-refractivity contribution in [3.05, 3.63) is 23.8 Å². The molecule has 20 heavy (non-hydrogen) atoms. The fourth-order valence-electron chi connectivity index (χ4n) is 1.40. The zero-order chi connectivity index (χ0) is 15.1. The first-order valence-electron chi connectivity index (χ1n) is 5.73. The molecule has 1 rings (SSSR count). The van der Waals surface area contributed by atoms with Crippen LogP contribution in [0.1, 0.15) is 17.3 Å². The second-order valence-corrected chi connectivity index (χ2v) is 3.65. The Balaban J connectivity index is 2.75. The average molecular weight is 281 g/mol. The normalized spacial score (nSPS) is 9.65. The highest BCUT2D eigenvalue weighted by molar-refractivity contribution is 5.98. The molecule has 0 saturated heterocycles. The molecule has 0 radical (unpaired) electrons. The summed E-state index contributed by atoms with van der Waals surface area (Å²) in [6.45, 7) is 1.42. The number of hydrogen-bond acceptors (Lipinski definition) is 6. The molecular formula is C12H15N3O5. The molecular weight excluding hydrogens is 266 g/mol. The number of carbonyl (C=O) groups excluding carboxylic acids is 3. The summed E-state index contributed by atoms with van der Waals surface area (Å²) >= 11 is 0. The van der Waals surface area contributed by atoms with Crippen LogP contribution in [0.5, 0.6) is 5.75 Å². The number of nitrogens with one attached hydrogen (secondary N) is 1. The van der Waals surface area contributed by atoms with Gasteiger partial charge in [0.25, 0.3) is 5.91 Å². The Labute approximate surface area is 115 Å². The van der Waals surface area contributed by atoms with Crippen LogP contribution in [-0.2, 0) is 9.53 Å². The highest BCUT2D eigenvalue weighted by Gasteiger charge is 2.17. The summed E-state index contributed by atoms with van der Waals surface area (Å²) in [5.41, 5.74) is 10.8. The zero-order valence-corrected chi connectivity index (χ0v) is 10.8. The van der Waals surface area contributed by atoms with Crippen LogP contribution in [0.2, 0.25) is 0 Å². The Morgan fingerprint density at radius 3 is 2.60 bits per heavy atom. The SMILES string of the molecule is CCOc1c(N)cccc1C(=O)OCC(=O)NC(N)=O. The molecule has 3 amide bonds. The number of nitrogens with two attached hydrogens (primary N) is 2. The fourth-order valence-corrected chi connectivity index (χ4v) is 1.40. The van der Waals surface area contributed by atoms with Crippen LogP contribution < -0.4 is 21.5 Å². The van der Waals surface area contributed by atoms with Crippen molar-refractivity contribution in [1.82, 2.24) is 5.32 Å². The van der Waals surface area contributed by atoms with Gasteiger partial charge in [-0.25, -0.2) is 9.59 Å². The third kappa shape index (κ3) is 4.16. The first kappa shape index (κ1) is 15.3. The van der Waals surface area contributed by atoms with Gasteiger partial charge in [-0.3, -0.25) is 10.1 Å². The van der Waals surface area contributed by atoms with Gasteiger partial charge in [0, 0.05) is 0 Å². The summed E-state index contributed by atoms with van der Waals surface area (Å²) in [6.07, 6.45) is 0. The van der Waals surface area contributed by atoms with Gasteiger partial charge < -0.3 is 20.9 Å². The van der Waals surface area contributed by atoms with Gasteiger partial charge in [0.1, 0.15) is 5.56 Å². The Bertz CT molecular complexity index is 530. The quantitative estimate of drug-likeness (QED) is 0.514. The van der Waals surface area contributed by atoms with Crippen LogP contribution in [0, 0.1) is 0 Å². The van der Waals surface area contributed by atoms with Crippen molar-refractivity contribution in [3.63, 3.8) is 0 Å². The molecule has 1 aromatic rings. The van der Waals surface area contributed by atoms with Crippen molar-refractivity contribution in [1.29, 1.82) is 0 Å². The molecule has 0 bridgehead atoms. The smallest absolute Gasteiger partial charge is 0.342 e. The van der Waals surface area contributed by atoms with Crippen LogP contribution in [0.4, 0.5) is 10.5 Å². The molecule has 0 fully saturated rings. The van der Waals surface area contributed by atoms with E-state index in [1.807, 2.05) is 0 Å². The number of nitrogen functional groups attached to an aromatic ring is 1. The maximum Gasteiger partial charge on any atom is 0.342 e. The van der Waals surface area contributed by atoms with E-state index in [1.54, 1.807) is 24.4 Å². The molecule has 1 aromatic carbocycles. The van der Waals surface area contributed by atoms with Crippen LogP contribution >= 0.6 is 0 Å². The van der Waals surface area contributed by atoms with Gasteiger partial charge in [-0.1, -0.05) is 6.07 Å². The summed E-state index contributed by atoms with van der Waals surface area (Å²) in [4.78, 5) is 33.4. The maximum absolute atomic E-state index is 11.8. The minimum Gasteiger partial charge on any atom is -0.491 e. The summed E-state index contributed by atoms with van der Waals surface area (Å²) in [7, 11) is 0. The van der Waals surface area contributed by atoms with Crippen molar-refractivity contribution >= 4 is 23.6 Å². The van der Waals surface area contributed by atoms with Crippen LogP contribution in [0.25, 0.3) is 0 Å². The van der Waals surface area contributed by atoms with E-state index in [0.717, 1.165) is 0 Å². The van der Waals surface area contributed by atoms with Gasteiger partial charge in [0.2, 0.25) is 0 Å². The maximum atomic E-state index is 11.8. The summed E-state index contributed by atoms with van der Waals surface area (Å²) in [6, 6.07) is 3.56. The summed E-state index contributed by atoms with van der Waals surface area (Å²) in [5.74, 6) is -1.43. The number of ether oxygens (including phenoxy) is 2. The second-order valence-electron chi connectivity index (χ2n) is 3.65. The Morgan fingerprint density at radius 2 is 2.00 bits per heavy atom. The van der Waals surface area contributed by atoms with Crippen molar-refractivity contribution < 1.29 is 23.9 Å². The lowest BCUT2D eigenvalue weighted by Gasteiger charge is -2.11. The van der Waals surface area contributed by atoms with Gasteiger partial charge in [-0.2, -0.15) is 0 Å². The molecule has 0 unspecified atom stereocenters. The molecule has 8 heteroatoms. The number of anilines is 1. The molecule has 0 aliphatic heterocycles. The Kier molecular flexibility index (Phi) is 5.33. The van der Waals surface area contributed by atoms with E-state index in [2.05, 4.69) is 0 Å². The first-order valence-corrected chi connectivity index (χ1v) is 5.73. The van der Waals surface area contributed by atoms with Crippen molar-refractivity contribution in [3.8, 4) is 5.75 Å². The van der Waals surface area contributed by atoms with Crippen LogP contribution in [-0.4, -0.2) is 31.1 Å². The number of esters is 1. The topological polar surface area (TPSA) is 134 Å². The molecule has 108 valence electrons. The lowest BCUT2D eigenvalue weighted by atomic mass is 10.2. The van der Waals surface area contributed by atoms with E-state index in [0.29, 0.717) is 6.61 Å². The van der Waals surface area contributed by atoms with Gasteiger partial charge >= 0.3 is 12.0 Å². The molecule has 8 nitrogen and oxygen atoms in total. The van der Waals surface area contributed by atoms with E-state index >= 15 is 0 Å². The minimum atomic E-state index is -1.02. The Morgan fingerprint density at radius 1 is 1.30 bits per heavy atom. The van der Waals surface area contributed by atoms with E-state index in [-0.39, 0.29) is 17.0 Å². The number of hydrogen-bond donors (Lipinski definition) is 3. The van der Waals surface area contributed by atoms with E-state index in [1.165, 1.54) is 6.07 Å². The van der Waals surface area contributed by atoms with Crippen molar-refractivity contribution in [2.75, 3.05) is 18.9 Å². The Hall–Kier alpha value is -2.77. The summed E-state index contributed by atoms with van der Waals surface area (Å²) in [5, 5.41) is 1.77. The number of rotatable bonds is 5. The van der Waals surface area contributed by atoms with Crippen molar-refractivity contribution in [2.24, 2.45) is 5.73 Å². The third-order valence-electron chi connectivity index (χ3n) is 2.15. The second kappa shape index (κ2) is 6.98. The largest absolute Gasteiger partial charge is 0.491 e. The van der Waals surface area contributed by atoms with E-state index in [4.69, 9.17) is 20.9 Å². The van der Waals surface area contributed by atoms with Crippen LogP contribution in [0.3, 0.4) is 0 Å². The molecule has 0 aromatic heterocycles. The molecule has 0 aliphatic rings. The molecule has 0 atom stereocenters. The highest BCUT2D eigenvalue weighted by Crippen LogP contribution is 2.26. The molecule has 5 N–H and O–H groups in total. The number of amides is 3. The predicted molar refractivity (Wildman–Crippen MR) is 70.0 cm³/mol. The van der Waals surface area contributed by atoms with Gasteiger partial charge in [0.05, 0.1) is 12.3 Å². The standard InChI is InChI=1S/C12H15N3O5/c1-2-19-10-7(4-3-5-8(10)13)11(17)20-6-9(16)15-12(14)18/h3-5H,2,6,13H2,1H3,(H3,14,15,16,18). The van der Waals surface area contributed by atoms with Crippen molar-refractivity contribution in [2.45, 2.75) is 6.92 Å². The number of carbonyl (C=O) groups is 3. The summed E-state index contributed by atoms with van der Waals surface area (Å²) < 4.78 is 10.00. The minimum absolute atomic E-state index is 0.0960. The first-order chi connectivity index (χ1) is 9.45. The van der Waals surface area contributed by atoms with Gasteiger partial charge in [-0.05, 0) is 19.1 Å². The molecule has 0 spiro atoms. The lowest BCUT2D eigenvalue weighted by Crippen LogP contribution is -2.37. The lowest BCUT2D eigenvalue weighted by molar-refractivity contribution is -0.123. The molecule has 0 heterocycles. The number of benzene rings is 1. The average Bonchev–Trinajstić information content (AvgIpc) is 2.37. The highest BCUT2D eigenvalue weighted by atomic mass is 16.5.